The maximum absolute atomic E-state index is 12.5. The number of amidine groups is 1. The maximum atomic E-state index is 12.5. The van der Waals surface area contributed by atoms with Gasteiger partial charge in [0.15, 0.2) is 0 Å². The minimum atomic E-state index is -0.474. The molecule has 0 spiro atoms. The minimum Gasteiger partial charge on any atom is -0.466 e. The zero-order valence-corrected chi connectivity index (χ0v) is 21.3. The van der Waals surface area contributed by atoms with Crippen molar-refractivity contribution in [3.05, 3.63) is 52.2 Å². The molecule has 2 aromatic rings. The smallest absolute Gasteiger partial charge is 0.414 e. The minimum absolute atomic E-state index is 0.0318. The number of ether oxygens (including phenoxy) is 2. The summed E-state index contributed by atoms with van der Waals surface area (Å²) in [6.45, 7) is 4.48. The van der Waals surface area contributed by atoms with E-state index in [1.807, 2.05) is 4.90 Å². The normalized spacial score (nSPS) is 18.0. The van der Waals surface area contributed by atoms with Crippen LogP contribution in [-0.4, -0.2) is 91.5 Å². The highest BCUT2D eigenvalue weighted by atomic mass is 32.1. The molecule has 12 heteroatoms. The number of nitrogens with one attached hydrogen (secondary N) is 2. The average molecular weight is 528 g/mol. The second-order valence-corrected chi connectivity index (χ2v) is 9.46. The van der Waals surface area contributed by atoms with Crippen LogP contribution in [0.5, 0.6) is 0 Å². The van der Waals surface area contributed by atoms with Crippen LogP contribution in [0.15, 0.2) is 41.1 Å². The number of benzene rings is 1. The summed E-state index contributed by atoms with van der Waals surface area (Å²) in [7, 11) is 0. The van der Waals surface area contributed by atoms with Crippen LogP contribution in [0.2, 0.25) is 0 Å². The van der Waals surface area contributed by atoms with Gasteiger partial charge in [-0.15, -0.1) is 0 Å². The van der Waals surface area contributed by atoms with Gasteiger partial charge in [-0.2, -0.15) is 11.3 Å². The predicted octanol–water partition coefficient (Wildman–Crippen LogP) is 1.93. The molecule has 0 saturated carbocycles. The van der Waals surface area contributed by atoms with E-state index in [0.29, 0.717) is 56.1 Å². The Morgan fingerprint density at radius 2 is 1.95 bits per heavy atom. The molecule has 1 unspecified atom stereocenters. The molecule has 1 aromatic carbocycles. The van der Waals surface area contributed by atoms with E-state index in [1.54, 1.807) is 52.9 Å². The van der Waals surface area contributed by atoms with Gasteiger partial charge in [-0.3, -0.25) is 29.6 Å². The molecule has 0 bridgehead atoms. The number of nitrogens with zero attached hydrogens (tertiary/aromatic N) is 3. The third-order valence-corrected chi connectivity index (χ3v) is 6.80. The van der Waals surface area contributed by atoms with Gasteiger partial charge >= 0.3 is 12.1 Å². The first-order chi connectivity index (χ1) is 17.8. The fourth-order valence-electron chi connectivity index (χ4n) is 4.18. The summed E-state index contributed by atoms with van der Waals surface area (Å²) in [5, 5.41) is 14.2. The van der Waals surface area contributed by atoms with Crippen LogP contribution in [0.1, 0.15) is 29.3 Å². The summed E-state index contributed by atoms with van der Waals surface area (Å²) < 4.78 is 10.4. The molecular weight excluding hydrogens is 498 g/mol. The summed E-state index contributed by atoms with van der Waals surface area (Å²) in [4.78, 5) is 53.8. The molecule has 1 atom stereocenters. The van der Waals surface area contributed by atoms with Gasteiger partial charge in [0.2, 0.25) is 5.91 Å². The first kappa shape index (κ1) is 26.3. The molecule has 1 aromatic heterocycles. The molecule has 3 heterocycles. The molecule has 2 fully saturated rings. The summed E-state index contributed by atoms with van der Waals surface area (Å²) in [5.41, 5.74) is 1.63. The van der Waals surface area contributed by atoms with Crippen LogP contribution in [0.25, 0.3) is 0 Å². The third-order valence-electron chi connectivity index (χ3n) is 6.11. The predicted molar refractivity (Wildman–Crippen MR) is 137 cm³/mol. The Bertz CT molecular complexity index is 1150. The van der Waals surface area contributed by atoms with Crippen molar-refractivity contribution in [2.45, 2.75) is 19.4 Å². The van der Waals surface area contributed by atoms with Gasteiger partial charge in [0.05, 0.1) is 31.7 Å². The van der Waals surface area contributed by atoms with Crippen molar-refractivity contribution in [2.24, 2.45) is 0 Å². The second-order valence-electron chi connectivity index (χ2n) is 8.68. The molecule has 2 N–H and O–H groups in total. The number of amides is 3. The Morgan fingerprint density at radius 1 is 1.16 bits per heavy atom. The quantitative estimate of drug-likeness (QED) is 0.289. The topological polar surface area (TPSA) is 132 Å². The number of thiophene rings is 1. The fourth-order valence-corrected chi connectivity index (χ4v) is 4.82. The van der Waals surface area contributed by atoms with Crippen LogP contribution in [0.4, 0.5) is 10.5 Å². The van der Waals surface area contributed by atoms with Gasteiger partial charge in [-0.1, -0.05) is 0 Å². The zero-order valence-electron chi connectivity index (χ0n) is 20.5. The number of hydrogen-bond donors (Lipinski definition) is 2. The molecular formula is C25H29N5O6S. The summed E-state index contributed by atoms with van der Waals surface area (Å²) >= 11 is 1.40. The van der Waals surface area contributed by atoms with E-state index >= 15 is 0 Å². The van der Waals surface area contributed by atoms with Crippen molar-refractivity contribution in [1.82, 2.24) is 15.1 Å². The van der Waals surface area contributed by atoms with E-state index in [-0.39, 0.29) is 36.6 Å². The number of esters is 1. The number of piperazine rings is 1. The number of anilines is 1. The monoisotopic (exact) mass is 527 g/mol. The Balaban J connectivity index is 1.26. The zero-order chi connectivity index (χ0) is 26.4. The fraction of sp³-hybridized carbons (Fsp3) is 0.400. The van der Waals surface area contributed by atoms with E-state index in [9.17, 15) is 19.2 Å². The van der Waals surface area contributed by atoms with E-state index in [2.05, 4.69) is 5.32 Å². The molecule has 2 saturated heterocycles. The SMILES string of the molecule is CCOC(=O)CCN1CCN(CC2CN(c3ccc(C(=N)NC(=O)c4ccsc4)cc3)C(=O)O2)CC1=O. The lowest BCUT2D eigenvalue weighted by molar-refractivity contribution is -0.144. The Kier molecular flexibility index (Phi) is 8.51. The van der Waals surface area contributed by atoms with Crippen molar-refractivity contribution in [3.8, 4) is 0 Å². The molecule has 2 aliphatic rings. The van der Waals surface area contributed by atoms with Gasteiger partial charge in [0.25, 0.3) is 5.91 Å². The van der Waals surface area contributed by atoms with Crippen LogP contribution in [-0.2, 0) is 19.1 Å². The van der Waals surface area contributed by atoms with E-state index < -0.39 is 12.2 Å². The van der Waals surface area contributed by atoms with Gasteiger partial charge < -0.3 is 19.7 Å². The Morgan fingerprint density at radius 3 is 2.62 bits per heavy atom. The highest BCUT2D eigenvalue weighted by Gasteiger charge is 2.35. The van der Waals surface area contributed by atoms with Crippen molar-refractivity contribution < 1.29 is 28.7 Å². The second kappa shape index (κ2) is 12.0. The molecule has 196 valence electrons. The van der Waals surface area contributed by atoms with Crippen molar-refractivity contribution in [1.29, 1.82) is 5.41 Å². The summed E-state index contributed by atoms with van der Waals surface area (Å²) in [6.07, 6.45) is -0.694. The van der Waals surface area contributed by atoms with Crippen LogP contribution in [0, 0.1) is 5.41 Å². The lowest BCUT2D eigenvalue weighted by atomic mass is 10.1. The Hall–Kier alpha value is -3.77. The van der Waals surface area contributed by atoms with Gasteiger partial charge in [-0.25, -0.2) is 4.79 Å². The number of carbonyl (C=O) groups excluding carboxylic acids is 4. The molecule has 2 aliphatic heterocycles. The van der Waals surface area contributed by atoms with Crippen molar-refractivity contribution in [2.75, 3.05) is 50.8 Å². The van der Waals surface area contributed by atoms with E-state index in [1.165, 1.54) is 16.2 Å². The average Bonchev–Trinajstić information content (AvgIpc) is 3.54. The first-order valence-corrected chi connectivity index (χ1v) is 12.9. The largest absolute Gasteiger partial charge is 0.466 e. The molecule has 3 amide bonds. The van der Waals surface area contributed by atoms with E-state index in [0.717, 1.165) is 0 Å². The Labute approximate surface area is 218 Å². The molecule has 11 nitrogen and oxygen atoms in total. The standard InChI is InChI=1S/C25H29N5O6S/c1-2-35-22(32)7-9-29-11-10-28(15-21(29)31)13-20-14-30(25(34)36-20)19-5-3-17(4-6-19)23(26)27-24(33)18-8-12-37-16-18/h3-6,8,12,16,20H,2,7,9-11,13-15H2,1H3,(H2,26,27,33). The molecule has 37 heavy (non-hydrogen) atoms. The third kappa shape index (κ3) is 6.71. The number of cyclic esters (lactones) is 1. The van der Waals surface area contributed by atoms with E-state index in [4.69, 9.17) is 14.9 Å². The van der Waals surface area contributed by atoms with Crippen LogP contribution < -0.4 is 10.2 Å². The molecule has 4 rings (SSSR count). The maximum Gasteiger partial charge on any atom is 0.414 e. The summed E-state index contributed by atoms with van der Waals surface area (Å²) in [6, 6.07) is 8.43. The van der Waals surface area contributed by atoms with Crippen molar-refractivity contribution in [3.63, 3.8) is 0 Å². The van der Waals surface area contributed by atoms with Gasteiger partial charge in [0, 0.05) is 42.8 Å². The van der Waals surface area contributed by atoms with Crippen molar-refractivity contribution >= 4 is 46.7 Å². The lowest BCUT2D eigenvalue weighted by Gasteiger charge is -2.34. The first-order valence-electron chi connectivity index (χ1n) is 12.0. The number of hydrogen-bond acceptors (Lipinski definition) is 9. The van der Waals surface area contributed by atoms with Crippen LogP contribution in [0.3, 0.4) is 0 Å². The summed E-state index contributed by atoms with van der Waals surface area (Å²) in [5.74, 6) is -0.764. The van der Waals surface area contributed by atoms with Gasteiger partial charge in [-0.05, 0) is 42.6 Å². The number of rotatable bonds is 9. The van der Waals surface area contributed by atoms with Crippen LogP contribution >= 0.6 is 11.3 Å². The van der Waals surface area contributed by atoms with Gasteiger partial charge in [0.1, 0.15) is 11.9 Å². The molecule has 0 radical (unpaired) electrons. The highest BCUT2D eigenvalue weighted by molar-refractivity contribution is 7.08. The molecule has 0 aliphatic carbocycles. The number of carbonyl (C=O) groups is 4. The highest BCUT2D eigenvalue weighted by Crippen LogP contribution is 2.23. The lowest BCUT2D eigenvalue weighted by Crippen LogP contribution is -2.52.